The highest BCUT2D eigenvalue weighted by Crippen LogP contribution is 2.29. The van der Waals surface area contributed by atoms with E-state index in [2.05, 4.69) is 4.98 Å². The Balaban J connectivity index is 2.30. The van der Waals surface area contributed by atoms with Crippen molar-refractivity contribution in [3.63, 3.8) is 0 Å². The molecule has 94 valence electrons. The number of thiazole rings is 1. The normalized spacial score (nSPS) is 10.3. The Bertz CT molecular complexity index is 561. The molecule has 2 rings (SSSR count). The maximum atomic E-state index is 10.9. The van der Waals surface area contributed by atoms with Gasteiger partial charge in [0.2, 0.25) is 5.91 Å². The molecular formula is C13H14N2O2S. The summed E-state index contributed by atoms with van der Waals surface area (Å²) in [6.07, 6.45) is 0.250. The first-order valence-electron chi connectivity index (χ1n) is 5.49. The van der Waals surface area contributed by atoms with Gasteiger partial charge in [-0.05, 0) is 31.2 Å². The number of rotatable bonds is 4. The smallest absolute Gasteiger partial charge is 0.222 e. The molecule has 1 heterocycles. The van der Waals surface area contributed by atoms with Crippen LogP contribution in [-0.4, -0.2) is 18.0 Å². The molecule has 5 heteroatoms. The lowest BCUT2D eigenvalue weighted by Crippen LogP contribution is -2.13. The molecule has 2 aromatic rings. The third kappa shape index (κ3) is 2.68. The SMILES string of the molecule is COc1ccc(-c2nc(C)c(CC(N)=O)s2)cc1. The van der Waals surface area contributed by atoms with Crippen LogP contribution in [0.4, 0.5) is 0 Å². The van der Waals surface area contributed by atoms with Gasteiger partial charge in [0.15, 0.2) is 0 Å². The predicted octanol–water partition coefficient (Wildman–Crippen LogP) is 2.15. The molecule has 0 aliphatic carbocycles. The van der Waals surface area contributed by atoms with Gasteiger partial charge in [-0.1, -0.05) is 0 Å². The number of primary amides is 1. The maximum Gasteiger partial charge on any atom is 0.222 e. The van der Waals surface area contributed by atoms with E-state index in [0.29, 0.717) is 0 Å². The first-order chi connectivity index (χ1) is 8.60. The van der Waals surface area contributed by atoms with Crippen LogP contribution in [0.5, 0.6) is 5.75 Å². The van der Waals surface area contributed by atoms with Crippen LogP contribution >= 0.6 is 11.3 Å². The lowest BCUT2D eigenvalue weighted by molar-refractivity contribution is -0.117. The lowest BCUT2D eigenvalue weighted by atomic mass is 10.2. The van der Waals surface area contributed by atoms with Crippen molar-refractivity contribution in [2.24, 2.45) is 5.73 Å². The zero-order valence-electron chi connectivity index (χ0n) is 10.3. The molecule has 0 saturated heterocycles. The number of nitrogens with zero attached hydrogens (tertiary/aromatic N) is 1. The fourth-order valence-electron chi connectivity index (χ4n) is 1.61. The van der Waals surface area contributed by atoms with Gasteiger partial charge in [-0.2, -0.15) is 0 Å². The van der Waals surface area contributed by atoms with E-state index in [1.165, 1.54) is 11.3 Å². The van der Waals surface area contributed by atoms with E-state index in [-0.39, 0.29) is 12.3 Å². The zero-order chi connectivity index (χ0) is 13.1. The molecule has 1 amide bonds. The Morgan fingerprint density at radius 1 is 1.39 bits per heavy atom. The molecule has 0 bridgehead atoms. The van der Waals surface area contributed by atoms with Crippen molar-refractivity contribution in [1.82, 2.24) is 4.98 Å². The Labute approximate surface area is 109 Å². The highest BCUT2D eigenvalue weighted by molar-refractivity contribution is 7.15. The van der Waals surface area contributed by atoms with E-state index >= 15 is 0 Å². The average Bonchev–Trinajstić information content (AvgIpc) is 2.70. The molecule has 0 aliphatic rings. The van der Waals surface area contributed by atoms with Gasteiger partial charge in [0.25, 0.3) is 0 Å². The van der Waals surface area contributed by atoms with Crippen LogP contribution in [-0.2, 0) is 11.2 Å². The average molecular weight is 262 g/mol. The van der Waals surface area contributed by atoms with Crippen molar-refractivity contribution in [3.05, 3.63) is 34.8 Å². The van der Waals surface area contributed by atoms with Gasteiger partial charge >= 0.3 is 0 Å². The van der Waals surface area contributed by atoms with Crippen molar-refractivity contribution in [1.29, 1.82) is 0 Å². The molecule has 0 unspecified atom stereocenters. The number of hydrogen-bond donors (Lipinski definition) is 1. The van der Waals surface area contributed by atoms with Crippen LogP contribution in [0, 0.1) is 6.92 Å². The van der Waals surface area contributed by atoms with E-state index < -0.39 is 0 Å². The minimum atomic E-state index is -0.331. The number of carbonyl (C=O) groups excluding carboxylic acids is 1. The van der Waals surface area contributed by atoms with Gasteiger partial charge in [-0.25, -0.2) is 4.98 Å². The van der Waals surface area contributed by atoms with E-state index in [1.54, 1.807) is 7.11 Å². The number of hydrogen-bond acceptors (Lipinski definition) is 4. The monoisotopic (exact) mass is 262 g/mol. The first-order valence-corrected chi connectivity index (χ1v) is 6.31. The number of methoxy groups -OCH3 is 1. The molecule has 0 radical (unpaired) electrons. The van der Waals surface area contributed by atoms with Crippen molar-refractivity contribution in [2.75, 3.05) is 7.11 Å². The third-order valence-corrected chi connectivity index (χ3v) is 3.77. The quantitative estimate of drug-likeness (QED) is 0.918. The number of ether oxygens (including phenoxy) is 1. The highest BCUT2D eigenvalue weighted by Gasteiger charge is 2.11. The Kier molecular flexibility index (Phi) is 3.62. The molecule has 4 nitrogen and oxygen atoms in total. The van der Waals surface area contributed by atoms with E-state index in [4.69, 9.17) is 10.5 Å². The minimum Gasteiger partial charge on any atom is -0.497 e. The number of amides is 1. The summed E-state index contributed by atoms with van der Waals surface area (Å²) in [5, 5.41) is 0.895. The fourth-order valence-corrected chi connectivity index (χ4v) is 2.69. The lowest BCUT2D eigenvalue weighted by Gasteiger charge is -1.99. The van der Waals surface area contributed by atoms with Gasteiger partial charge < -0.3 is 10.5 Å². The molecule has 0 spiro atoms. The standard InChI is InChI=1S/C13H14N2O2S/c1-8-11(7-12(14)16)18-13(15-8)9-3-5-10(17-2)6-4-9/h3-6H,7H2,1-2H3,(H2,14,16). The molecule has 0 saturated carbocycles. The Morgan fingerprint density at radius 3 is 2.61 bits per heavy atom. The molecule has 18 heavy (non-hydrogen) atoms. The number of aromatic nitrogens is 1. The number of benzene rings is 1. The van der Waals surface area contributed by atoms with Crippen LogP contribution in [0.2, 0.25) is 0 Å². The van der Waals surface area contributed by atoms with Gasteiger partial charge in [0, 0.05) is 10.4 Å². The largest absolute Gasteiger partial charge is 0.497 e. The van der Waals surface area contributed by atoms with Crippen LogP contribution < -0.4 is 10.5 Å². The summed E-state index contributed by atoms with van der Waals surface area (Å²) in [4.78, 5) is 16.3. The highest BCUT2D eigenvalue weighted by atomic mass is 32.1. The second-order valence-corrected chi connectivity index (χ2v) is 4.98. The number of carbonyl (C=O) groups is 1. The van der Waals surface area contributed by atoms with Crippen molar-refractivity contribution >= 4 is 17.2 Å². The molecule has 0 fully saturated rings. The first kappa shape index (κ1) is 12.6. The van der Waals surface area contributed by atoms with E-state index in [0.717, 1.165) is 26.9 Å². The molecule has 1 aromatic heterocycles. The predicted molar refractivity (Wildman–Crippen MR) is 71.7 cm³/mol. The van der Waals surface area contributed by atoms with E-state index in [9.17, 15) is 4.79 Å². The maximum absolute atomic E-state index is 10.9. The zero-order valence-corrected chi connectivity index (χ0v) is 11.1. The molecular weight excluding hydrogens is 248 g/mol. The van der Waals surface area contributed by atoms with Crippen molar-refractivity contribution in [2.45, 2.75) is 13.3 Å². The topological polar surface area (TPSA) is 65.2 Å². The fraction of sp³-hybridized carbons (Fsp3) is 0.231. The van der Waals surface area contributed by atoms with Crippen molar-refractivity contribution in [3.8, 4) is 16.3 Å². The molecule has 1 aromatic carbocycles. The summed E-state index contributed by atoms with van der Waals surface area (Å²) < 4.78 is 5.11. The van der Waals surface area contributed by atoms with Crippen LogP contribution in [0.3, 0.4) is 0 Å². The summed E-state index contributed by atoms with van der Waals surface area (Å²) in [6.45, 7) is 1.89. The van der Waals surface area contributed by atoms with Gasteiger partial charge in [-0.15, -0.1) is 11.3 Å². The third-order valence-electron chi connectivity index (χ3n) is 2.56. The second kappa shape index (κ2) is 5.18. The Hall–Kier alpha value is -1.88. The van der Waals surface area contributed by atoms with E-state index in [1.807, 2.05) is 31.2 Å². The number of nitrogens with two attached hydrogens (primary N) is 1. The molecule has 0 aliphatic heterocycles. The summed E-state index contributed by atoms with van der Waals surface area (Å²) in [5.74, 6) is 0.479. The summed E-state index contributed by atoms with van der Waals surface area (Å²) in [6, 6.07) is 7.68. The van der Waals surface area contributed by atoms with Crippen LogP contribution in [0.15, 0.2) is 24.3 Å². The van der Waals surface area contributed by atoms with Crippen LogP contribution in [0.25, 0.3) is 10.6 Å². The molecule has 0 atom stereocenters. The van der Waals surface area contributed by atoms with Gasteiger partial charge in [-0.3, -0.25) is 4.79 Å². The summed E-state index contributed by atoms with van der Waals surface area (Å²) in [7, 11) is 1.63. The minimum absolute atomic E-state index is 0.250. The molecule has 2 N–H and O–H groups in total. The van der Waals surface area contributed by atoms with Crippen molar-refractivity contribution < 1.29 is 9.53 Å². The van der Waals surface area contributed by atoms with Gasteiger partial charge in [0.1, 0.15) is 10.8 Å². The van der Waals surface area contributed by atoms with Gasteiger partial charge in [0.05, 0.1) is 19.2 Å². The van der Waals surface area contributed by atoms with Crippen LogP contribution in [0.1, 0.15) is 10.6 Å². The Morgan fingerprint density at radius 2 is 2.06 bits per heavy atom. The summed E-state index contributed by atoms with van der Waals surface area (Å²) in [5.41, 5.74) is 7.08. The second-order valence-electron chi connectivity index (χ2n) is 3.90. The summed E-state index contributed by atoms with van der Waals surface area (Å²) >= 11 is 1.50. The number of aryl methyl sites for hydroxylation is 1.